The lowest BCUT2D eigenvalue weighted by Crippen LogP contribution is -2.48. The molecule has 2 aromatic rings. The molecular weight excluding hydrogens is 274 g/mol. The van der Waals surface area contributed by atoms with E-state index in [0.29, 0.717) is 17.6 Å². The standard InChI is InChI=1S/C18H19N3O/c22-18(15-7-4-8-19-10-15)21-13-16-9-17(21)12-20(16)11-14-5-2-1-3-6-14/h1-8,10,16-17H,9,11-13H2/t16-,17-/m0/s1. The fraction of sp³-hybridized carbons (Fsp3) is 0.333. The van der Waals surface area contributed by atoms with Crippen LogP contribution in [0.15, 0.2) is 54.9 Å². The van der Waals surface area contributed by atoms with Crippen molar-refractivity contribution in [2.45, 2.75) is 25.0 Å². The van der Waals surface area contributed by atoms with Crippen LogP contribution in [0.5, 0.6) is 0 Å². The van der Waals surface area contributed by atoms with Crippen LogP contribution in [0.25, 0.3) is 0 Å². The number of aromatic nitrogens is 1. The van der Waals surface area contributed by atoms with Crippen LogP contribution in [0.3, 0.4) is 0 Å². The smallest absolute Gasteiger partial charge is 0.255 e. The normalized spacial score (nSPS) is 23.9. The molecule has 112 valence electrons. The number of fused-ring (bicyclic) bond motifs is 2. The Hall–Kier alpha value is -2.20. The van der Waals surface area contributed by atoms with E-state index < -0.39 is 0 Å². The van der Waals surface area contributed by atoms with Gasteiger partial charge in [0.25, 0.3) is 5.91 Å². The zero-order chi connectivity index (χ0) is 14.9. The molecule has 1 amide bonds. The molecule has 0 spiro atoms. The Bertz CT molecular complexity index is 659. The summed E-state index contributed by atoms with van der Waals surface area (Å²) in [6.45, 7) is 2.80. The summed E-state index contributed by atoms with van der Waals surface area (Å²) in [5.74, 6) is 0.125. The summed E-state index contributed by atoms with van der Waals surface area (Å²) in [7, 11) is 0. The highest BCUT2D eigenvalue weighted by atomic mass is 16.2. The highest BCUT2D eigenvalue weighted by Crippen LogP contribution is 2.32. The van der Waals surface area contributed by atoms with Crippen LogP contribution in [0.4, 0.5) is 0 Å². The Labute approximate surface area is 130 Å². The first-order chi connectivity index (χ1) is 10.8. The van der Waals surface area contributed by atoms with Gasteiger partial charge in [-0.05, 0) is 24.1 Å². The van der Waals surface area contributed by atoms with Crippen LogP contribution in [-0.4, -0.2) is 45.9 Å². The minimum Gasteiger partial charge on any atom is -0.333 e. The van der Waals surface area contributed by atoms with Gasteiger partial charge < -0.3 is 4.90 Å². The highest BCUT2D eigenvalue weighted by molar-refractivity contribution is 5.94. The number of piperazine rings is 1. The van der Waals surface area contributed by atoms with Gasteiger partial charge in [0.2, 0.25) is 0 Å². The van der Waals surface area contributed by atoms with Crippen LogP contribution < -0.4 is 0 Å². The summed E-state index contributed by atoms with van der Waals surface area (Å²) in [6.07, 6.45) is 4.46. The van der Waals surface area contributed by atoms with Crippen molar-refractivity contribution < 1.29 is 4.79 Å². The SMILES string of the molecule is O=C(c1cccnc1)N1C[C@@H]2C[C@H]1CN2Cc1ccccc1. The first kappa shape index (κ1) is 13.5. The zero-order valence-electron chi connectivity index (χ0n) is 12.4. The lowest BCUT2D eigenvalue weighted by Gasteiger charge is -2.34. The van der Waals surface area contributed by atoms with Crippen molar-refractivity contribution in [3.8, 4) is 0 Å². The lowest BCUT2D eigenvalue weighted by atomic mass is 10.2. The molecule has 4 heteroatoms. The Morgan fingerprint density at radius 1 is 1.09 bits per heavy atom. The number of rotatable bonds is 3. The molecule has 3 heterocycles. The number of pyridine rings is 1. The van der Waals surface area contributed by atoms with Crippen molar-refractivity contribution in [3.05, 3.63) is 66.0 Å². The fourth-order valence-corrected chi connectivity index (χ4v) is 3.66. The molecule has 2 fully saturated rings. The molecule has 0 saturated carbocycles. The molecule has 4 nitrogen and oxygen atoms in total. The Balaban J connectivity index is 1.43. The third kappa shape index (κ3) is 2.40. The number of amides is 1. The summed E-state index contributed by atoms with van der Waals surface area (Å²) in [5, 5.41) is 0. The van der Waals surface area contributed by atoms with Gasteiger partial charge in [0.05, 0.1) is 5.56 Å². The Morgan fingerprint density at radius 2 is 1.95 bits per heavy atom. The number of nitrogens with zero attached hydrogens (tertiary/aromatic N) is 3. The first-order valence-corrected chi connectivity index (χ1v) is 7.80. The topological polar surface area (TPSA) is 36.4 Å². The van der Waals surface area contributed by atoms with E-state index in [1.165, 1.54) is 5.56 Å². The van der Waals surface area contributed by atoms with Crippen molar-refractivity contribution in [2.75, 3.05) is 13.1 Å². The lowest BCUT2D eigenvalue weighted by molar-refractivity contribution is 0.0615. The minimum absolute atomic E-state index is 0.125. The fourth-order valence-electron chi connectivity index (χ4n) is 3.66. The Morgan fingerprint density at radius 3 is 2.64 bits per heavy atom. The average molecular weight is 293 g/mol. The number of hydrogen-bond donors (Lipinski definition) is 0. The van der Waals surface area contributed by atoms with Gasteiger partial charge >= 0.3 is 0 Å². The van der Waals surface area contributed by atoms with Gasteiger partial charge in [-0.2, -0.15) is 0 Å². The number of hydrogen-bond acceptors (Lipinski definition) is 3. The van der Waals surface area contributed by atoms with Crippen molar-refractivity contribution in [2.24, 2.45) is 0 Å². The third-order valence-electron chi connectivity index (χ3n) is 4.75. The van der Waals surface area contributed by atoms with E-state index >= 15 is 0 Å². The monoisotopic (exact) mass is 293 g/mol. The molecule has 2 aliphatic rings. The largest absolute Gasteiger partial charge is 0.333 e. The summed E-state index contributed by atoms with van der Waals surface area (Å²) in [5.41, 5.74) is 2.05. The van der Waals surface area contributed by atoms with E-state index in [2.05, 4.69) is 34.1 Å². The maximum atomic E-state index is 12.6. The van der Waals surface area contributed by atoms with Gasteiger partial charge in [-0.25, -0.2) is 0 Å². The summed E-state index contributed by atoms with van der Waals surface area (Å²) in [4.78, 5) is 21.2. The molecule has 2 aliphatic heterocycles. The molecule has 2 bridgehead atoms. The molecule has 1 aromatic carbocycles. The van der Waals surface area contributed by atoms with Crippen molar-refractivity contribution in [1.82, 2.24) is 14.8 Å². The second-order valence-electron chi connectivity index (χ2n) is 6.16. The maximum absolute atomic E-state index is 12.6. The maximum Gasteiger partial charge on any atom is 0.255 e. The number of carbonyl (C=O) groups excluding carboxylic acids is 1. The van der Waals surface area contributed by atoms with Crippen LogP contribution in [0.1, 0.15) is 22.3 Å². The molecule has 0 N–H and O–H groups in total. The number of benzene rings is 1. The van der Waals surface area contributed by atoms with E-state index in [9.17, 15) is 4.79 Å². The van der Waals surface area contributed by atoms with Crippen LogP contribution >= 0.6 is 0 Å². The number of likely N-dealkylation sites (tertiary alicyclic amines) is 2. The minimum atomic E-state index is 0.125. The van der Waals surface area contributed by atoms with Crippen LogP contribution in [0, 0.1) is 0 Å². The molecule has 0 radical (unpaired) electrons. The van der Waals surface area contributed by atoms with E-state index in [-0.39, 0.29) is 5.91 Å². The molecule has 2 saturated heterocycles. The molecule has 1 aromatic heterocycles. The predicted octanol–water partition coefficient (Wildman–Crippen LogP) is 2.18. The van der Waals surface area contributed by atoms with Crippen molar-refractivity contribution >= 4 is 5.91 Å². The predicted molar refractivity (Wildman–Crippen MR) is 84.3 cm³/mol. The van der Waals surface area contributed by atoms with E-state index in [1.54, 1.807) is 12.4 Å². The van der Waals surface area contributed by atoms with Gasteiger partial charge in [0, 0.05) is 44.1 Å². The van der Waals surface area contributed by atoms with Gasteiger partial charge in [0.15, 0.2) is 0 Å². The van der Waals surface area contributed by atoms with Crippen molar-refractivity contribution in [3.63, 3.8) is 0 Å². The van der Waals surface area contributed by atoms with Gasteiger partial charge in [-0.3, -0.25) is 14.7 Å². The van der Waals surface area contributed by atoms with Crippen molar-refractivity contribution in [1.29, 1.82) is 0 Å². The van der Waals surface area contributed by atoms with Crippen LogP contribution in [-0.2, 0) is 6.54 Å². The average Bonchev–Trinajstić information content (AvgIpc) is 3.16. The molecule has 0 aliphatic carbocycles. The molecule has 2 atom stereocenters. The molecular formula is C18H19N3O. The van der Waals surface area contributed by atoms with E-state index in [1.807, 2.05) is 23.1 Å². The van der Waals surface area contributed by atoms with E-state index in [4.69, 9.17) is 0 Å². The highest BCUT2D eigenvalue weighted by Gasteiger charge is 2.45. The van der Waals surface area contributed by atoms with Gasteiger partial charge in [0.1, 0.15) is 0 Å². The van der Waals surface area contributed by atoms with Gasteiger partial charge in [-0.15, -0.1) is 0 Å². The van der Waals surface area contributed by atoms with E-state index in [0.717, 1.165) is 26.1 Å². The summed E-state index contributed by atoms with van der Waals surface area (Å²) >= 11 is 0. The van der Waals surface area contributed by atoms with Gasteiger partial charge in [-0.1, -0.05) is 30.3 Å². The third-order valence-corrected chi connectivity index (χ3v) is 4.75. The first-order valence-electron chi connectivity index (χ1n) is 7.80. The second kappa shape index (κ2) is 5.54. The second-order valence-corrected chi connectivity index (χ2v) is 6.16. The zero-order valence-corrected chi connectivity index (χ0v) is 12.4. The number of carbonyl (C=O) groups is 1. The van der Waals surface area contributed by atoms with Crippen LogP contribution in [0.2, 0.25) is 0 Å². The Kier molecular flexibility index (Phi) is 3.39. The molecule has 4 rings (SSSR count). The summed E-state index contributed by atoms with van der Waals surface area (Å²) in [6, 6.07) is 15.1. The molecule has 22 heavy (non-hydrogen) atoms. The summed E-state index contributed by atoms with van der Waals surface area (Å²) < 4.78 is 0. The molecule has 0 unspecified atom stereocenters. The quantitative estimate of drug-likeness (QED) is 0.870.